The van der Waals surface area contributed by atoms with Gasteiger partial charge >= 0.3 is 0 Å². The molecular weight excluding hydrogens is 288 g/mol. The van der Waals surface area contributed by atoms with Crippen LogP contribution in [0.3, 0.4) is 0 Å². The van der Waals surface area contributed by atoms with Crippen LogP contribution < -0.4 is 10.6 Å². The van der Waals surface area contributed by atoms with Crippen molar-refractivity contribution >= 4 is 23.2 Å². The summed E-state index contributed by atoms with van der Waals surface area (Å²) in [5.74, 6) is 0.802. The van der Waals surface area contributed by atoms with Gasteiger partial charge in [-0.15, -0.1) is 0 Å². The first-order valence-corrected chi connectivity index (χ1v) is 7.27. The second kappa shape index (κ2) is 7.13. The number of hydrogen-bond donors (Lipinski definition) is 2. The van der Waals surface area contributed by atoms with Crippen LogP contribution in [0.5, 0.6) is 0 Å². The SMILES string of the molecule is CCNc1ccc(Cl)cc1C(=O)NCCc1nccn1C. The van der Waals surface area contributed by atoms with E-state index in [2.05, 4.69) is 15.6 Å². The topological polar surface area (TPSA) is 59.0 Å². The van der Waals surface area contributed by atoms with Crippen LogP contribution in [0, 0.1) is 0 Å². The third kappa shape index (κ3) is 3.98. The molecule has 0 bridgehead atoms. The van der Waals surface area contributed by atoms with Crippen LogP contribution in [-0.4, -0.2) is 28.5 Å². The van der Waals surface area contributed by atoms with Gasteiger partial charge in [0.05, 0.1) is 5.56 Å². The molecule has 1 heterocycles. The van der Waals surface area contributed by atoms with Crippen LogP contribution in [-0.2, 0) is 13.5 Å². The minimum atomic E-state index is -0.136. The number of carbonyl (C=O) groups is 1. The maximum absolute atomic E-state index is 12.3. The molecule has 0 atom stereocenters. The molecular formula is C15H19ClN4O. The average molecular weight is 307 g/mol. The quantitative estimate of drug-likeness (QED) is 0.862. The molecule has 112 valence electrons. The Bertz CT molecular complexity index is 624. The van der Waals surface area contributed by atoms with E-state index in [0.717, 1.165) is 18.1 Å². The van der Waals surface area contributed by atoms with Crippen LogP contribution in [0.15, 0.2) is 30.6 Å². The van der Waals surface area contributed by atoms with Gasteiger partial charge in [0.15, 0.2) is 0 Å². The van der Waals surface area contributed by atoms with Crippen molar-refractivity contribution in [3.63, 3.8) is 0 Å². The zero-order valence-corrected chi connectivity index (χ0v) is 12.9. The summed E-state index contributed by atoms with van der Waals surface area (Å²) in [5.41, 5.74) is 1.35. The molecule has 2 N–H and O–H groups in total. The second-order valence-corrected chi connectivity index (χ2v) is 5.12. The lowest BCUT2D eigenvalue weighted by atomic mass is 10.1. The average Bonchev–Trinajstić information content (AvgIpc) is 2.86. The van der Waals surface area contributed by atoms with E-state index in [-0.39, 0.29) is 5.91 Å². The van der Waals surface area contributed by atoms with Crippen LogP contribution >= 0.6 is 11.6 Å². The number of nitrogens with one attached hydrogen (secondary N) is 2. The molecule has 21 heavy (non-hydrogen) atoms. The van der Waals surface area contributed by atoms with Crippen LogP contribution in [0.25, 0.3) is 0 Å². The summed E-state index contributed by atoms with van der Waals surface area (Å²) in [6, 6.07) is 5.26. The van der Waals surface area contributed by atoms with Gasteiger partial charge in [0.2, 0.25) is 0 Å². The molecule has 0 saturated carbocycles. The van der Waals surface area contributed by atoms with Crippen molar-refractivity contribution in [2.45, 2.75) is 13.3 Å². The second-order valence-electron chi connectivity index (χ2n) is 4.68. The van der Waals surface area contributed by atoms with E-state index in [1.165, 1.54) is 0 Å². The highest BCUT2D eigenvalue weighted by molar-refractivity contribution is 6.31. The number of nitrogens with zero attached hydrogens (tertiary/aromatic N) is 2. The number of benzene rings is 1. The van der Waals surface area contributed by atoms with Gasteiger partial charge in [-0.3, -0.25) is 4.79 Å². The van der Waals surface area contributed by atoms with Gasteiger partial charge in [0.25, 0.3) is 5.91 Å². The lowest BCUT2D eigenvalue weighted by Crippen LogP contribution is -2.27. The van der Waals surface area contributed by atoms with Gasteiger partial charge < -0.3 is 15.2 Å². The monoisotopic (exact) mass is 306 g/mol. The van der Waals surface area contributed by atoms with Crippen molar-refractivity contribution in [3.8, 4) is 0 Å². The summed E-state index contributed by atoms with van der Waals surface area (Å²) in [6.07, 6.45) is 4.32. The van der Waals surface area contributed by atoms with Crippen molar-refractivity contribution in [2.75, 3.05) is 18.4 Å². The third-order valence-electron chi connectivity index (χ3n) is 3.15. The lowest BCUT2D eigenvalue weighted by molar-refractivity contribution is 0.0954. The number of aryl methyl sites for hydroxylation is 1. The molecule has 0 fully saturated rings. The Balaban J connectivity index is 1.99. The van der Waals surface area contributed by atoms with Gasteiger partial charge in [0.1, 0.15) is 5.82 Å². The first-order chi connectivity index (χ1) is 10.1. The molecule has 1 aromatic heterocycles. The predicted octanol–water partition coefficient (Wildman–Crippen LogP) is 2.48. The molecule has 2 rings (SSSR count). The van der Waals surface area contributed by atoms with Crippen molar-refractivity contribution in [3.05, 3.63) is 47.0 Å². The summed E-state index contributed by atoms with van der Waals surface area (Å²) < 4.78 is 1.94. The highest BCUT2D eigenvalue weighted by Crippen LogP contribution is 2.20. The molecule has 0 radical (unpaired) electrons. The fraction of sp³-hybridized carbons (Fsp3) is 0.333. The maximum atomic E-state index is 12.3. The van der Waals surface area contributed by atoms with E-state index in [1.54, 1.807) is 18.3 Å². The molecule has 0 aliphatic heterocycles. The minimum Gasteiger partial charge on any atom is -0.385 e. The van der Waals surface area contributed by atoms with E-state index in [0.29, 0.717) is 23.6 Å². The number of amides is 1. The Morgan fingerprint density at radius 3 is 2.90 bits per heavy atom. The molecule has 5 nitrogen and oxygen atoms in total. The van der Waals surface area contributed by atoms with Crippen molar-refractivity contribution in [1.82, 2.24) is 14.9 Å². The molecule has 0 aliphatic carbocycles. The van der Waals surface area contributed by atoms with E-state index in [1.807, 2.05) is 30.8 Å². The van der Waals surface area contributed by atoms with E-state index < -0.39 is 0 Å². The van der Waals surface area contributed by atoms with Gasteiger partial charge in [-0.2, -0.15) is 0 Å². The van der Waals surface area contributed by atoms with Gasteiger partial charge in [0, 0.05) is 49.7 Å². The molecule has 2 aromatic rings. The Morgan fingerprint density at radius 2 is 2.24 bits per heavy atom. The number of halogens is 1. The van der Waals surface area contributed by atoms with E-state index >= 15 is 0 Å². The van der Waals surface area contributed by atoms with Crippen LogP contribution in [0.1, 0.15) is 23.1 Å². The summed E-state index contributed by atoms with van der Waals surface area (Å²) in [5, 5.41) is 6.61. The Kier molecular flexibility index (Phi) is 5.22. The van der Waals surface area contributed by atoms with Crippen molar-refractivity contribution in [1.29, 1.82) is 0 Å². The summed E-state index contributed by atoms with van der Waals surface area (Å²) >= 11 is 5.98. The molecule has 0 unspecified atom stereocenters. The number of imidazole rings is 1. The van der Waals surface area contributed by atoms with Gasteiger partial charge in [-0.05, 0) is 25.1 Å². The zero-order chi connectivity index (χ0) is 15.2. The molecule has 0 aliphatic rings. The Hall–Kier alpha value is -2.01. The molecule has 1 amide bonds. The van der Waals surface area contributed by atoms with E-state index in [9.17, 15) is 4.79 Å². The number of carbonyl (C=O) groups excluding carboxylic acids is 1. The first-order valence-electron chi connectivity index (χ1n) is 6.89. The zero-order valence-electron chi connectivity index (χ0n) is 12.2. The van der Waals surface area contributed by atoms with E-state index in [4.69, 9.17) is 11.6 Å². The molecule has 6 heteroatoms. The highest BCUT2D eigenvalue weighted by atomic mass is 35.5. The normalized spacial score (nSPS) is 10.4. The molecule has 0 saturated heterocycles. The number of rotatable bonds is 6. The van der Waals surface area contributed by atoms with Gasteiger partial charge in [-0.25, -0.2) is 4.98 Å². The largest absolute Gasteiger partial charge is 0.385 e. The minimum absolute atomic E-state index is 0.136. The maximum Gasteiger partial charge on any atom is 0.253 e. The molecule has 0 spiro atoms. The Labute approximate surface area is 129 Å². The smallest absolute Gasteiger partial charge is 0.253 e. The third-order valence-corrected chi connectivity index (χ3v) is 3.38. The van der Waals surface area contributed by atoms with Crippen molar-refractivity contribution in [2.24, 2.45) is 7.05 Å². The fourth-order valence-corrected chi connectivity index (χ4v) is 2.24. The number of anilines is 1. The predicted molar refractivity (Wildman–Crippen MR) is 84.9 cm³/mol. The summed E-state index contributed by atoms with van der Waals surface area (Å²) in [7, 11) is 1.93. The van der Waals surface area contributed by atoms with Gasteiger partial charge in [-0.1, -0.05) is 11.6 Å². The standard InChI is InChI=1S/C15H19ClN4O/c1-3-17-13-5-4-11(16)10-12(13)15(21)19-7-6-14-18-8-9-20(14)2/h4-5,8-10,17H,3,6-7H2,1-2H3,(H,19,21). The first kappa shape index (κ1) is 15.4. The number of hydrogen-bond acceptors (Lipinski definition) is 3. The lowest BCUT2D eigenvalue weighted by Gasteiger charge is -2.11. The van der Waals surface area contributed by atoms with Crippen LogP contribution in [0.4, 0.5) is 5.69 Å². The number of aromatic nitrogens is 2. The van der Waals surface area contributed by atoms with Crippen LogP contribution in [0.2, 0.25) is 5.02 Å². The Morgan fingerprint density at radius 1 is 1.43 bits per heavy atom. The highest BCUT2D eigenvalue weighted by Gasteiger charge is 2.11. The van der Waals surface area contributed by atoms with Crippen molar-refractivity contribution < 1.29 is 4.79 Å². The summed E-state index contributed by atoms with van der Waals surface area (Å²) in [6.45, 7) is 3.26. The fourth-order valence-electron chi connectivity index (χ4n) is 2.07. The molecule has 1 aromatic carbocycles. The summed E-state index contributed by atoms with van der Waals surface area (Å²) in [4.78, 5) is 16.5.